The number of nitrogens with zero attached hydrogens (tertiary/aromatic N) is 2. The molecule has 1 amide bonds. The predicted molar refractivity (Wildman–Crippen MR) is 151 cm³/mol. The topological polar surface area (TPSA) is 23.6 Å². The smallest absolute Gasteiger partial charge is 0.244 e. The molecule has 0 radical (unpaired) electrons. The number of rotatable bonds is 10. The Hall–Kier alpha value is -3.69. The highest BCUT2D eigenvalue weighted by Gasteiger charge is 2.38. The molecule has 0 saturated carbocycles. The number of hydrogen-bond acceptors (Lipinski definition) is 2. The van der Waals surface area contributed by atoms with Crippen LogP contribution in [0.5, 0.6) is 0 Å². The molecule has 1 aliphatic rings. The summed E-state index contributed by atoms with van der Waals surface area (Å²) in [6.45, 7) is 2.41. The van der Waals surface area contributed by atoms with Gasteiger partial charge in [-0.05, 0) is 47.9 Å². The van der Waals surface area contributed by atoms with Gasteiger partial charge >= 0.3 is 0 Å². The minimum absolute atomic E-state index is 0.206. The Labute approximate surface area is 221 Å². The highest BCUT2D eigenvalue weighted by atomic mass is 16.2. The molecule has 3 heteroatoms. The third-order valence-corrected chi connectivity index (χ3v) is 7.51. The van der Waals surface area contributed by atoms with Crippen molar-refractivity contribution in [3.05, 3.63) is 144 Å². The first-order chi connectivity index (χ1) is 18.3. The van der Waals surface area contributed by atoms with E-state index in [9.17, 15) is 4.79 Å². The molecule has 0 aromatic heterocycles. The van der Waals surface area contributed by atoms with Gasteiger partial charge in [-0.25, -0.2) is 0 Å². The first-order valence-electron chi connectivity index (χ1n) is 13.5. The van der Waals surface area contributed by atoms with Gasteiger partial charge < -0.3 is 4.90 Å². The molecule has 4 aromatic rings. The van der Waals surface area contributed by atoms with Gasteiger partial charge in [0.15, 0.2) is 0 Å². The molecule has 1 atom stereocenters. The Bertz CT molecular complexity index is 1180. The van der Waals surface area contributed by atoms with Gasteiger partial charge in [-0.3, -0.25) is 9.69 Å². The van der Waals surface area contributed by atoms with Crippen molar-refractivity contribution in [2.45, 2.75) is 44.3 Å². The molecule has 1 unspecified atom stereocenters. The summed E-state index contributed by atoms with van der Waals surface area (Å²) in [5, 5.41) is 0. The number of carbonyl (C=O) groups excluding carboxylic acids is 1. The normalized spacial score (nSPS) is 16.3. The number of piperazine rings is 1. The van der Waals surface area contributed by atoms with Crippen LogP contribution in [0.25, 0.3) is 0 Å². The second kappa shape index (κ2) is 12.5. The molecule has 4 aromatic carbocycles. The van der Waals surface area contributed by atoms with E-state index in [2.05, 4.69) is 107 Å². The number of hydrogen-bond donors (Lipinski definition) is 0. The van der Waals surface area contributed by atoms with E-state index in [0.717, 1.165) is 50.9 Å². The van der Waals surface area contributed by atoms with Crippen LogP contribution >= 0.6 is 0 Å². The van der Waals surface area contributed by atoms with E-state index in [1.165, 1.54) is 16.7 Å². The summed E-state index contributed by atoms with van der Waals surface area (Å²) in [5.41, 5.74) is 5.00. The van der Waals surface area contributed by atoms with E-state index >= 15 is 0 Å². The highest BCUT2D eigenvalue weighted by Crippen LogP contribution is 2.31. The summed E-state index contributed by atoms with van der Waals surface area (Å²) >= 11 is 0. The highest BCUT2D eigenvalue weighted by molar-refractivity contribution is 5.84. The summed E-state index contributed by atoms with van der Waals surface area (Å²) in [5.74, 6) is 0.236. The van der Waals surface area contributed by atoms with Crippen molar-refractivity contribution in [1.29, 1.82) is 0 Å². The van der Waals surface area contributed by atoms with Crippen LogP contribution in [0.4, 0.5) is 0 Å². The SMILES string of the molecule is O=C1C(c2ccccc2)N(Cc2ccccc2)CCN1C(CCc1ccccc1)CCc1ccccc1. The average molecular weight is 489 g/mol. The molecule has 0 N–H and O–H groups in total. The van der Waals surface area contributed by atoms with E-state index in [-0.39, 0.29) is 18.0 Å². The average Bonchev–Trinajstić information content (AvgIpc) is 2.96. The summed E-state index contributed by atoms with van der Waals surface area (Å²) in [4.78, 5) is 18.8. The van der Waals surface area contributed by atoms with Crippen LogP contribution in [0.1, 0.15) is 41.1 Å². The second-order valence-electron chi connectivity index (χ2n) is 10.0. The fraction of sp³-hybridized carbons (Fsp3) is 0.265. The van der Waals surface area contributed by atoms with E-state index in [4.69, 9.17) is 0 Å². The van der Waals surface area contributed by atoms with E-state index in [0.29, 0.717) is 0 Å². The second-order valence-corrected chi connectivity index (χ2v) is 10.0. The van der Waals surface area contributed by atoms with E-state index < -0.39 is 0 Å². The Morgan fingerprint density at radius 1 is 0.595 bits per heavy atom. The minimum atomic E-state index is -0.258. The van der Waals surface area contributed by atoms with Crippen LogP contribution in [-0.2, 0) is 24.2 Å². The quantitative estimate of drug-likeness (QED) is 0.248. The molecule has 3 nitrogen and oxygen atoms in total. The molecular formula is C34H36N2O. The van der Waals surface area contributed by atoms with Crippen LogP contribution in [0.3, 0.4) is 0 Å². The first-order valence-corrected chi connectivity index (χ1v) is 13.5. The lowest BCUT2D eigenvalue weighted by Crippen LogP contribution is -2.55. The standard InChI is InChI=1S/C34H36N2O/c37-34-33(31-19-11-4-12-20-31)35(27-30-17-9-3-10-18-30)25-26-36(34)32(23-21-28-13-5-1-6-14-28)24-22-29-15-7-2-8-16-29/h1-20,32-33H,21-27H2. The zero-order chi connectivity index (χ0) is 25.3. The van der Waals surface area contributed by atoms with Crippen molar-refractivity contribution < 1.29 is 4.79 Å². The number of amides is 1. The molecule has 1 saturated heterocycles. The molecule has 1 heterocycles. The first kappa shape index (κ1) is 25.0. The van der Waals surface area contributed by atoms with Crippen LogP contribution in [0, 0.1) is 0 Å². The minimum Gasteiger partial charge on any atom is -0.337 e. The Balaban J connectivity index is 1.39. The molecule has 1 aliphatic heterocycles. The number of aryl methyl sites for hydroxylation is 2. The molecule has 0 aliphatic carbocycles. The fourth-order valence-corrected chi connectivity index (χ4v) is 5.54. The van der Waals surface area contributed by atoms with Gasteiger partial charge in [-0.2, -0.15) is 0 Å². The largest absolute Gasteiger partial charge is 0.337 e. The number of benzene rings is 4. The van der Waals surface area contributed by atoms with Crippen molar-refractivity contribution in [2.24, 2.45) is 0 Å². The van der Waals surface area contributed by atoms with Gasteiger partial charge in [0.05, 0.1) is 0 Å². The Kier molecular flexibility index (Phi) is 8.45. The van der Waals surface area contributed by atoms with Gasteiger partial charge in [0.1, 0.15) is 6.04 Å². The van der Waals surface area contributed by atoms with Gasteiger partial charge in [-0.15, -0.1) is 0 Å². The molecule has 37 heavy (non-hydrogen) atoms. The van der Waals surface area contributed by atoms with Crippen molar-refractivity contribution in [3.63, 3.8) is 0 Å². The van der Waals surface area contributed by atoms with Crippen molar-refractivity contribution >= 4 is 5.91 Å². The molecule has 5 rings (SSSR count). The molecule has 188 valence electrons. The predicted octanol–water partition coefficient (Wildman–Crippen LogP) is 6.71. The molecule has 1 fully saturated rings. The Morgan fingerprint density at radius 3 is 1.57 bits per heavy atom. The lowest BCUT2D eigenvalue weighted by molar-refractivity contribution is -0.145. The van der Waals surface area contributed by atoms with Crippen molar-refractivity contribution in [2.75, 3.05) is 13.1 Å². The third kappa shape index (κ3) is 6.55. The lowest BCUT2D eigenvalue weighted by Gasteiger charge is -2.44. The maximum atomic E-state index is 14.3. The fourth-order valence-electron chi connectivity index (χ4n) is 5.54. The summed E-state index contributed by atoms with van der Waals surface area (Å²) < 4.78 is 0. The lowest BCUT2D eigenvalue weighted by atomic mass is 9.94. The van der Waals surface area contributed by atoms with Gasteiger partial charge in [-0.1, -0.05) is 121 Å². The van der Waals surface area contributed by atoms with Crippen molar-refractivity contribution in [3.8, 4) is 0 Å². The van der Waals surface area contributed by atoms with Crippen LogP contribution in [0.15, 0.2) is 121 Å². The van der Waals surface area contributed by atoms with Crippen LogP contribution in [0.2, 0.25) is 0 Å². The monoisotopic (exact) mass is 488 g/mol. The molecular weight excluding hydrogens is 452 g/mol. The van der Waals surface area contributed by atoms with Crippen LogP contribution < -0.4 is 0 Å². The summed E-state index contributed by atoms with van der Waals surface area (Å²) in [6.07, 6.45) is 3.91. The number of carbonyl (C=O) groups is 1. The van der Waals surface area contributed by atoms with Crippen molar-refractivity contribution in [1.82, 2.24) is 9.80 Å². The maximum absolute atomic E-state index is 14.3. The zero-order valence-electron chi connectivity index (χ0n) is 21.5. The third-order valence-electron chi connectivity index (χ3n) is 7.51. The Morgan fingerprint density at radius 2 is 1.05 bits per heavy atom. The van der Waals surface area contributed by atoms with E-state index in [1.54, 1.807) is 0 Å². The summed E-state index contributed by atoms with van der Waals surface area (Å²) in [6, 6.07) is 42.1. The van der Waals surface area contributed by atoms with Gasteiger partial charge in [0.25, 0.3) is 0 Å². The molecule has 0 spiro atoms. The van der Waals surface area contributed by atoms with Crippen LogP contribution in [-0.4, -0.2) is 34.8 Å². The van der Waals surface area contributed by atoms with E-state index in [1.807, 2.05) is 24.3 Å². The summed E-state index contributed by atoms with van der Waals surface area (Å²) in [7, 11) is 0. The zero-order valence-corrected chi connectivity index (χ0v) is 21.5. The van der Waals surface area contributed by atoms with Gasteiger partial charge in [0, 0.05) is 25.7 Å². The maximum Gasteiger partial charge on any atom is 0.244 e. The molecule has 0 bridgehead atoms. The van der Waals surface area contributed by atoms with Gasteiger partial charge in [0.2, 0.25) is 5.91 Å².